The lowest BCUT2D eigenvalue weighted by molar-refractivity contribution is -0.181. The van der Waals surface area contributed by atoms with Crippen LogP contribution in [0.15, 0.2) is 47.8 Å². The van der Waals surface area contributed by atoms with Gasteiger partial charge in [0.25, 0.3) is 5.91 Å². The van der Waals surface area contributed by atoms with E-state index in [4.69, 9.17) is 26.2 Å². The Labute approximate surface area is 177 Å². The second-order valence-electron chi connectivity index (χ2n) is 7.18. The number of ether oxygens (including phenoxy) is 2. The second-order valence-corrected chi connectivity index (χ2v) is 8.56. The van der Waals surface area contributed by atoms with Crippen LogP contribution in [0.25, 0.3) is 16.3 Å². The van der Waals surface area contributed by atoms with Crippen LogP contribution in [0, 0.1) is 0 Å². The van der Waals surface area contributed by atoms with Gasteiger partial charge in [0.05, 0.1) is 23.8 Å². The van der Waals surface area contributed by atoms with Crippen LogP contribution in [0.5, 0.6) is 0 Å². The average molecular weight is 430 g/mol. The smallest absolute Gasteiger partial charge is 0.272 e. The number of nitrogens with zero attached hydrogens (tertiary/aromatic N) is 3. The lowest BCUT2D eigenvalue weighted by atomic mass is 10.0. The summed E-state index contributed by atoms with van der Waals surface area (Å²) in [6.07, 6.45) is 1.37. The van der Waals surface area contributed by atoms with Gasteiger partial charge in [0.2, 0.25) is 0 Å². The standard InChI is InChI=1S/C21H20ClN3O3S/c22-15-3-5-16(6-4-15)25-18(14-17(23-25)19-2-1-13-29-19)20(26)24-9-7-21(8-10-24)27-11-12-28-21/h1-6,13-14H,7-12H2. The van der Waals surface area contributed by atoms with Gasteiger partial charge in [-0.15, -0.1) is 11.3 Å². The zero-order valence-electron chi connectivity index (χ0n) is 15.7. The zero-order chi connectivity index (χ0) is 19.8. The van der Waals surface area contributed by atoms with E-state index in [2.05, 4.69) is 0 Å². The van der Waals surface area contributed by atoms with Crippen molar-refractivity contribution in [3.8, 4) is 16.3 Å². The molecule has 0 bridgehead atoms. The molecule has 6 nitrogen and oxygen atoms in total. The van der Waals surface area contributed by atoms with Crippen LogP contribution in [0.2, 0.25) is 5.02 Å². The zero-order valence-corrected chi connectivity index (χ0v) is 17.3. The molecule has 2 aliphatic heterocycles. The number of carbonyl (C=O) groups is 1. The molecular formula is C21H20ClN3O3S. The fraction of sp³-hybridized carbons (Fsp3) is 0.333. The van der Waals surface area contributed by atoms with Gasteiger partial charge >= 0.3 is 0 Å². The number of rotatable bonds is 3. The fourth-order valence-electron chi connectivity index (χ4n) is 3.86. The largest absolute Gasteiger partial charge is 0.347 e. The Morgan fingerprint density at radius 2 is 1.83 bits per heavy atom. The van der Waals surface area contributed by atoms with Crippen molar-refractivity contribution in [2.24, 2.45) is 0 Å². The van der Waals surface area contributed by atoms with Gasteiger partial charge in [-0.2, -0.15) is 5.10 Å². The quantitative estimate of drug-likeness (QED) is 0.625. The van der Waals surface area contributed by atoms with Crippen molar-refractivity contribution in [1.29, 1.82) is 0 Å². The number of aromatic nitrogens is 2. The van der Waals surface area contributed by atoms with Crippen molar-refractivity contribution in [1.82, 2.24) is 14.7 Å². The molecule has 1 spiro atoms. The molecule has 5 rings (SSSR count). The Hall–Kier alpha value is -2.19. The van der Waals surface area contributed by atoms with Gasteiger partial charge in [-0.25, -0.2) is 4.68 Å². The predicted molar refractivity (Wildman–Crippen MR) is 112 cm³/mol. The van der Waals surface area contributed by atoms with Gasteiger partial charge < -0.3 is 14.4 Å². The molecule has 0 unspecified atom stereocenters. The maximum absolute atomic E-state index is 13.4. The van der Waals surface area contributed by atoms with Gasteiger partial charge in [0, 0.05) is 31.0 Å². The van der Waals surface area contributed by atoms with E-state index in [-0.39, 0.29) is 5.91 Å². The van der Waals surface area contributed by atoms with Gasteiger partial charge in [0.1, 0.15) is 11.4 Å². The Morgan fingerprint density at radius 3 is 2.48 bits per heavy atom. The molecule has 2 saturated heterocycles. The van der Waals surface area contributed by atoms with Crippen LogP contribution in [-0.2, 0) is 9.47 Å². The molecule has 150 valence electrons. The summed E-state index contributed by atoms with van der Waals surface area (Å²) in [4.78, 5) is 16.3. The van der Waals surface area contributed by atoms with Crippen LogP contribution < -0.4 is 0 Å². The summed E-state index contributed by atoms with van der Waals surface area (Å²) in [6, 6.07) is 13.2. The van der Waals surface area contributed by atoms with Crippen LogP contribution in [0.4, 0.5) is 0 Å². The molecular weight excluding hydrogens is 410 g/mol. The summed E-state index contributed by atoms with van der Waals surface area (Å²) < 4.78 is 13.3. The summed E-state index contributed by atoms with van der Waals surface area (Å²) in [5.41, 5.74) is 2.13. The molecule has 0 aliphatic carbocycles. The molecule has 29 heavy (non-hydrogen) atoms. The van der Waals surface area contributed by atoms with Crippen molar-refractivity contribution in [3.63, 3.8) is 0 Å². The summed E-state index contributed by atoms with van der Waals surface area (Å²) >= 11 is 7.64. The molecule has 4 heterocycles. The van der Waals surface area contributed by atoms with E-state index in [1.807, 2.05) is 40.6 Å². The molecule has 8 heteroatoms. The normalized spacial score (nSPS) is 18.4. The summed E-state index contributed by atoms with van der Waals surface area (Å²) in [5, 5.41) is 7.37. The first-order valence-corrected chi connectivity index (χ1v) is 10.9. The molecule has 1 amide bonds. The molecule has 0 atom stereocenters. The van der Waals surface area contributed by atoms with E-state index in [0.29, 0.717) is 49.9 Å². The number of hydrogen-bond donors (Lipinski definition) is 0. The number of thiophene rings is 1. The fourth-order valence-corrected chi connectivity index (χ4v) is 4.66. The lowest BCUT2D eigenvalue weighted by Gasteiger charge is -2.37. The summed E-state index contributed by atoms with van der Waals surface area (Å²) in [7, 11) is 0. The van der Waals surface area contributed by atoms with E-state index in [9.17, 15) is 4.79 Å². The highest BCUT2D eigenvalue weighted by Gasteiger charge is 2.41. The molecule has 0 N–H and O–H groups in total. The van der Waals surface area contributed by atoms with Crippen molar-refractivity contribution in [3.05, 3.63) is 58.6 Å². The first-order valence-electron chi connectivity index (χ1n) is 9.61. The number of piperidine rings is 1. The molecule has 2 aliphatic rings. The second kappa shape index (κ2) is 7.57. The summed E-state index contributed by atoms with van der Waals surface area (Å²) in [6.45, 7) is 2.45. The van der Waals surface area contributed by atoms with Crippen molar-refractivity contribution in [2.75, 3.05) is 26.3 Å². The topological polar surface area (TPSA) is 56.6 Å². The molecule has 2 aromatic heterocycles. The highest BCUT2D eigenvalue weighted by atomic mass is 35.5. The SMILES string of the molecule is O=C(c1cc(-c2cccs2)nn1-c1ccc(Cl)cc1)N1CCC2(CC1)OCCO2. The van der Waals surface area contributed by atoms with Gasteiger partial charge in [-0.05, 0) is 41.8 Å². The summed E-state index contributed by atoms with van der Waals surface area (Å²) in [5.74, 6) is -0.543. The maximum Gasteiger partial charge on any atom is 0.272 e. The highest BCUT2D eigenvalue weighted by molar-refractivity contribution is 7.13. The molecule has 0 saturated carbocycles. The monoisotopic (exact) mass is 429 g/mol. The van der Waals surface area contributed by atoms with Crippen LogP contribution >= 0.6 is 22.9 Å². The third kappa shape index (κ3) is 3.59. The predicted octanol–water partition coefficient (Wildman–Crippen LogP) is 4.23. The minimum Gasteiger partial charge on any atom is -0.347 e. The number of carbonyl (C=O) groups excluding carboxylic acids is 1. The van der Waals surface area contributed by atoms with Crippen LogP contribution in [-0.4, -0.2) is 52.7 Å². The van der Waals surface area contributed by atoms with Crippen molar-refractivity contribution in [2.45, 2.75) is 18.6 Å². The van der Waals surface area contributed by atoms with Crippen molar-refractivity contribution >= 4 is 28.8 Å². The third-order valence-corrected chi connectivity index (χ3v) is 6.54. The van der Waals surface area contributed by atoms with Gasteiger partial charge in [-0.3, -0.25) is 4.79 Å². The highest BCUT2D eigenvalue weighted by Crippen LogP contribution is 2.33. The van der Waals surface area contributed by atoms with E-state index >= 15 is 0 Å². The molecule has 0 radical (unpaired) electrons. The number of amides is 1. The number of benzene rings is 1. The maximum atomic E-state index is 13.4. The minimum atomic E-state index is -0.505. The number of likely N-dealkylation sites (tertiary alicyclic amines) is 1. The van der Waals surface area contributed by atoms with Gasteiger partial charge in [-0.1, -0.05) is 17.7 Å². The Bertz CT molecular complexity index is 1000. The Balaban J connectivity index is 1.46. The van der Waals surface area contributed by atoms with E-state index in [1.54, 1.807) is 28.2 Å². The van der Waals surface area contributed by atoms with Crippen LogP contribution in [0.3, 0.4) is 0 Å². The minimum absolute atomic E-state index is 0.0388. The number of halogens is 1. The van der Waals surface area contributed by atoms with E-state index in [1.165, 1.54) is 0 Å². The first kappa shape index (κ1) is 18.8. The first-order chi connectivity index (χ1) is 14.1. The Kier molecular flexibility index (Phi) is 4.91. The average Bonchev–Trinajstić information content (AvgIpc) is 3.49. The third-order valence-electron chi connectivity index (χ3n) is 5.40. The van der Waals surface area contributed by atoms with E-state index < -0.39 is 5.79 Å². The molecule has 3 aromatic rings. The van der Waals surface area contributed by atoms with Crippen molar-refractivity contribution < 1.29 is 14.3 Å². The lowest BCUT2D eigenvalue weighted by Crippen LogP contribution is -2.47. The van der Waals surface area contributed by atoms with Gasteiger partial charge in [0.15, 0.2) is 5.79 Å². The van der Waals surface area contributed by atoms with E-state index in [0.717, 1.165) is 16.3 Å². The van der Waals surface area contributed by atoms with Crippen LogP contribution in [0.1, 0.15) is 23.3 Å². The Morgan fingerprint density at radius 1 is 1.10 bits per heavy atom. The molecule has 1 aromatic carbocycles. The number of hydrogen-bond acceptors (Lipinski definition) is 5. The molecule has 2 fully saturated rings.